The summed E-state index contributed by atoms with van der Waals surface area (Å²) in [5.41, 5.74) is 0.185. The predicted octanol–water partition coefficient (Wildman–Crippen LogP) is 1.02. The molecule has 0 bridgehead atoms. The van der Waals surface area contributed by atoms with E-state index < -0.39 is 5.97 Å². The summed E-state index contributed by atoms with van der Waals surface area (Å²) in [7, 11) is 2.04. The molecule has 1 saturated carbocycles. The van der Waals surface area contributed by atoms with E-state index in [2.05, 4.69) is 23.6 Å². The van der Waals surface area contributed by atoms with E-state index in [1.165, 1.54) is 12.8 Å². The van der Waals surface area contributed by atoms with Crippen molar-refractivity contribution in [2.45, 2.75) is 50.7 Å². The molecule has 4 heteroatoms. The van der Waals surface area contributed by atoms with E-state index in [9.17, 15) is 4.79 Å². The fourth-order valence-electron chi connectivity index (χ4n) is 2.90. The highest BCUT2D eigenvalue weighted by molar-refractivity contribution is 5.67. The second-order valence-corrected chi connectivity index (χ2v) is 5.86. The van der Waals surface area contributed by atoms with Crippen molar-refractivity contribution in [1.29, 1.82) is 0 Å². The summed E-state index contributed by atoms with van der Waals surface area (Å²) in [6.07, 6.45) is 2.83. The number of piperazine rings is 1. The van der Waals surface area contributed by atoms with Crippen molar-refractivity contribution in [1.82, 2.24) is 9.80 Å². The van der Waals surface area contributed by atoms with Crippen molar-refractivity contribution >= 4 is 5.97 Å². The molecule has 1 heterocycles. The Balaban J connectivity index is 2.05. The molecule has 1 aliphatic carbocycles. The molecule has 0 spiro atoms. The third-order valence-corrected chi connectivity index (χ3v) is 3.84. The quantitative estimate of drug-likeness (QED) is 0.780. The fourth-order valence-corrected chi connectivity index (χ4v) is 2.90. The zero-order chi connectivity index (χ0) is 11.9. The number of likely N-dealkylation sites (N-methyl/N-ethyl adjacent to an activating group) is 1. The van der Waals surface area contributed by atoms with Crippen LogP contribution in [0.5, 0.6) is 0 Å². The van der Waals surface area contributed by atoms with Crippen molar-refractivity contribution in [3.8, 4) is 0 Å². The van der Waals surface area contributed by atoms with Crippen LogP contribution < -0.4 is 0 Å². The highest BCUT2D eigenvalue weighted by Gasteiger charge is 2.44. The number of carboxylic acid groups (broad SMARTS) is 1. The van der Waals surface area contributed by atoms with Crippen molar-refractivity contribution in [3.05, 3.63) is 0 Å². The molecule has 0 aromatic carbocycles. The molecule has 2 aliphatic rings. The number of nitrogens with zero attached hydrogens (tertiary/aromatic N) is 2. The van der Waals surface area contributed by atoms with Gasteiger partial charge in [0.15, 0.2) is 0 Å². The predicted molar refractivity (Wildman–Crippen MR) is 62.5 cm³/mol. The van der Waals surface area contributed by atoms with Crippen LogP contribution in [0.3, 0.4) is 0 Å². The molecular formula is C12H22N2O2. The van der Waals surface area contributed by atoms with Crippen LogP contribution in [0.2, 0.25) is 0 Å². The van der Waals surface area contributed by atoms with Crippen molar-refractivity contribution in [2.24, 2.45) is 0 Å². The Bertz CT molecular complexity index is 287. The molecule has 0 aromatic heterocycles. The van der Waals surface area contributed by atoms with Gasteiger partial charge in [-0.05, 0) is 33.7 Å². The Morgan fingerprint density at radius 1 is 1.44 bits per heavy atom. The minimum Gasteiger partial charge on any atom is -0.481 e. The van der Waals surface area contributed by atoms with Gasteiger partial charge in [0.1, 0.15) is 0 Å². The Labute approximate surface area is 97.2 Å². The van der Waals surface area contributed by atoms with Crippen molar-refractivity contribution in [2.75, 3.05) is 20.1 Å². The molecule has 1 aliphatic heterocycles. The van der Waals surface area contributed by atoms with Crippen LogP contribution in [-0.2, 0) is 4.79 Å². The van der Waals surface area contributed by atoms with Gasteiger partial charge in [-0.2, -0.15) is 0 Å². The van der Waals surface area contributed by atoms with Crippen LogP contribution in [0.4, 0.5) is 0 Å². The minimum atomic E-state index is -0.688. The second-order valence-electron chi connectivity index (χ2n) is 5.86. The van der Waals surface area contributed by atoms with Gasteiger partial charge in [-0.25, -0.2) is 0 Å². The van der Waals surface area contributed by atoms with Gasteiger partial charge in [0.25, 0.3) is 0 Å². The van der Waals surface area contributed by atoms with Gasteiger partial charge in [0.05, 0.1) is 6.42 Å². The van der Waals surface area contributed by atoms with Gasteiger partial charge in [0, 0.05) is 30.7 Å². The van der Waals surface area contributed by atoms with Gasteiger partial charge >= 0.3 is 5.97 Å². The summed E-state index contributed by atoms with van der Waals surface area (Å²) in [5, 5.41) is 8.91. The average Bonchev–Trinajstić information content (AvgIpc) is 2.91. The molecule has 0 radical (unpaired) electrons. The standard InChI is InChI=1S/C12H22N2O2/c1-12(2)8-13(3)10(6-11(15)16)7-14(12)9-4-5-9/h9-10H,4-8H2,1-3H3,(H,15,16). The maximum Gasteiger partial charge on any atom is 0.304 e. The lowest BCUT2D eigenvalue weighted by molar-refractivity contribution is -0.139. The number of hydrogen-bond acceptors (Lipinski definition) is 3. The average molecular weight is 226 g/mol. The van der Waals surface area contributed by atoms with Crippen LogP contribution in [0.25, 0.3) is 0 Å². The van der Waals surface area contributed by atoms with Crippen molar-refractivity contribution in [3.63, 3.8) is 0 Å². The first-order valence-electron chi connectivity index (χ1n) is 6.09. The van der Waals surface area contributed by atoms with Crippen LogP contribution in [0, 0.1) is 0 Å². The molecule has 1 atom stereocenters. The third-order valence-electron chi connectivity index (χ3n) is 3.84. The van der Waals surface area contributed by atoms with E-state index >= 15 is 0 Å². The molecular weight excluding hydrogens is 204 g/mol. The lowest BCUT2D eigenvalue weighted by atomic mass is 9.94. The Hall–Kier alpha value is -0.610. The zero-order valence-corrected chi connectivity index (χ0v) is 10.4. The summed E-state index contributed by atoms with van der Waals surface area (Å²) in [5.74, 6) is -0.688. The number of rotatable bonds is 3. The maximum atomic E-state index is 10.8. The van der Waals surface area contributed by atoms with Gasteiger partial charge in [-0.1, -0.05) is 0 Å². The first kappa shape index (κ1) is 11.9. The topological polar surface area (TPSA) is 43.8 Å². The Kier molecular flexibility index (Phi) is 2.97. The van der Waals surface area contributed by atoms with E-state index in [1.54, 1.807) is 0 Å². The normalized spacial score (nSPS) is 31.6. The summed E-state index contributed by atoms with van der Waals surface area (Å²) in [6.45, 7) is 6.39. The highest BCUT2D eigenvalue weighted by Crippen LogP contribution is 2.36. The van der Waals surface area contributed by atoms with E-state index in [0.29, 0.717) is 6.04 Å². The van der Waals surface area contributed by atoms with Gasteiger partial charge in [-0.3, -0.25) is 14.6 Å². The Morgan fingerprint density at radius 3 is 2.56 bits per heavy atom. The van der Waals surface area contributed by atoms with E-state index in [4.69, 9.17) is 5.11 Å². The van der Waals surface area contributed by atoms with Gasteiger partial charge < -0.3 is 5.11 Å². The monoisotopic (exact) mass is 226 g/mol. The van der Waals surface area contributed by atoms with Crippen LogP contribution >= 0.6 is 0 Å². The number of hydrogen-bond donors (Lipinski definition) is 1. The molecule has 1 unspecified atom stereocenters. The largest absolute Gasteiger partial charge is 0.481 e. The number of aliphatic carboxylic acids is 1. The molecule has 0 aromatic rings. The third kappa shape index (κ3) is 2.38. The first-order valence-corrected chi connectivity index (χ1v) is 6.09. The smallest absolute Gasteiger partial charge is 0.304 e. The second kappa shape index (κ2) is 4.00. The van der Waals surface area contributed by atoms with Crippen LogP contribution in [0.1, 0.15) is 33.1 Å². The molecule has 16 heavy (non-hydrogen) atoms. The Morgan fingerprint density at radius 2 is 2.06 bits per heavy atom. The van der Waals surface area contributed by atoms with Gasteiger partial charge in [-0.15, -0.1) is 0 Å². The molecule has 0 amide bonds. The fraction of sp³-hybridized carbons (Fsp3) is 0.917. The van der Waals surface area contributed by atoms with E-state index in [-0.39, 0.29) is 18.0 Å². The number of carboxylic acids is 1. The summed E-state index contributed by atoms with van der Waals surface area (Å²) < 4.78 is 0. The van der Waals surface area contributed by atoms with E-state index in [1.807, 2.05) is 7.05 Å². The molecule has 92 valence electrons. The molecule has 2 rings (SSSR count). The minimum absolute atomic E-state index is 0.172. The maximum absolute atomic E-state index is 10.8. The highest BCUT2D eigenvalue weighted by atomic mass is 16.4. The van der Waals surface area contributed by atoms with Crippen molar-refractivity contribution < 1.29 is 9.90 Å². The van der Waals surface area contributed by atoms with Crippen LogP contribution in [-0.4, -0.2) is 58.6 Å². The molecule has 2 fully saturated rings. The first-order chi connectivity index (χ1) is 7.40. The summed E-state index contributed by atoms with van der Waals surface area (Å²) in [4.78, 5) is 15.5. The van der Waals surface area contributed by atoms with Gasteiger partial charge in [0.2, 0.25) is 0 Å². The van der Waals surface area contributed by atoms with Crippen LogP contribution in [0.15, 0.2) is 0 Å². The SMILES string of the molecule is CN1CC(C)(C)N(C2CC2)CC1CC(=O)O. The summed E-state index contributed by atoms with van der Waals surface area (Å²) >= 11 is 0. The lowest BCUT2D eigenvalue weighted by Crippen LogP contribution is -2.63. The molecule has 4 nitrogen and oxygen atoms in total. The zero-order valence-electron chi connectivity index (χ0n) is 10.4. The number of carbonyl (C=O) groups is 1. The molecule has 1 saturated heterocycles. The summed E-state index contributed by atoms with van der Waals surface area (Å²) in [6, 6.07) is 0.881. The lowest BCUT2D eigenvalue weighted by Gasteiger charge is -2.50. The molecule has 1 N–H and O–H groups in total. The van der Waals surface area contributed by atoms with E-state index in [0.717, 1.165) is 13.1 Å².